The molecular weight excluding hydrogens is 350 g/mol. The van der Waals surface area contributed by atoms with Crippen LogP contribution in [-0.4, -0.2) is 44.4 Å². The fraction of sp³-hybridized carbons (Fsp3) is 0.500. The highest BCUT2D eigenvalue weighted by molar-refractivity contribution is 7.16. The zero-order valence-corrected chi connectivity index (χ0v) is 15.7. The van der Waals surface area contributed by atoms with Gasteiger partial charge in [-0.25, -0.2) is 0 Å². The van der Waals surface area contributed by atoms with Crippen molar-refractivity contribution in [3.05, 3.63) is 35.1 Å². The first-order chi connectivity index (χ1) is 12.8. The highest BCUT2D eigenvalue weighted by atomic mass is 32.1. The predicted octanol–water partition coefficient (Wildman–Crippen LogP) is 3.15. The van der Waals surface area contributed by atoms with Crippen LogP contribution in [0, 0.1) is 0 Å². The van der Waals surface area contributed by atoms with E-state index in [1.165, 1.54) is 30.6 Å². The summed E-state index contributed by atoms with van der Waals surface area (Å²) >= 11 is 1.51. The van der Waals surface area contributed by atoms with E-state index in [-0.39, 0.29) is 0 Å². The van der Waals surface area contributed by atoms with Crippen molar-refractivity contribution in [1.82, 2.24) is 24.7 Å². The molecule has 0 spiro atoms. The van der Waals surface area contributed by atoms with Gasteiger partial charge in [-0.15, -0.1) is 10.2 Å². The normalized spacial score (nSPS) is 15.4. The van der Waals surface area contributed by atoms with Gasteiger partial charge in [-0.2, -0.15) is 9.61 Å². The zero-order chi connectivity index (χ0) is 17.8. The van der Waals surface area contributed by atoms with E-state index in [2.05, 4.69) is 20.2 Å². The van der Waals surface area contributed by atoms with Crippen LogP contribution in [0.2, 0.25) is 0 Å². The molecule has 3 aromatic rings. The SMILES string of the molecule is CCOc1ccccc1OCc1nn2c(CN3CCCCC3)nnc2s1. The van der Waals surface area contributed by atoms with Crippen molar-refractivity contribution in [2.75, 3.05) is 19.7 Å². The molecule has 7 nitrogen and oxygen atoms in total. The largest absolute Gasteiger partial charge is 0.490 e. The second kappa shape index (κ2) is 8.01. The first kappa shape index (κ1) is 17.2. The third kappa shape index (κ3) is 3.81. The van der Waals surface area contributed by atoms with Crippen LogP contribution in [0.25, 0.3) is 4.96 Å². The number of piperidine rings is 1. The van der Waals surface area contributed by atoms with E-state index in [1.54, 1.807) is 0 Å². The summed E-state index contributed by atoms with van der Waals surface area (Å²) in [6.07, 6.45) is 3.85. The molecule has 138 valence electrons. The van der Waals surface area contributed by atoms with Crippen molar-refractivity contribution in [1.29, 1.82) is 0 Å². The van der Waals surface area contributed by atoms with Gasteiger partial charge in [-0.1, -0.05) is 29.9 Å². The number of likely N-dealkylation sites (tertiary alicyclic amines) is 1. The first-order valence-corrected chi connectivity index (χ1v) is 9.92. The molecule has 8 heteroatoms. The van der Waals surface area contributed by atoms with Gasteiger partial charge in [0, 0.05) is 0 Å². The summed E-state index contributed by atoms with van der Waals surface area (Å²) in [6, 6.07) is 7.70. The standard InChI is InChI=1S/C18H23N5O2S/c1-2-24-14-8-4-5-9-15(14)25-13-17-21-23-16(19-20-18(23)26-17)12-22-10-6-3-7-11-22/h4-5,8-9H,2-3,6-7,10-13H2,1H3. The third-order valence-corrected chi connectivity index (χ3v) is 5.28. The molecule has 1 aliphatic heterocycles. The molecule has 0 bridgehead atoms. The van der Waals surface area contributed by atoms with Gasteiger partial charge in [0.25, 0.3) is 0 Å². The average Bonchev–Trinajstić information content (AvgIpc) is 3.24. The van der Waals surface area contributed by atoms with E-state index >= 15 is 0 Å². The van der Waals surface area contributed by atoms with Crippen LogP contribution in [0.15, 0.2) is 24.3 Å². The molecule has 0 unspecified atom stereocenters. The quantitative estimate of drug-likeness (QED) is 0.634. The van der Waals surface area contributed by atoms with Crippen LogP contribution in [0.4, 0.5) is 0 Å². The van der Waals surface area contributed by atoms with Gasteiger partial charge < -0.3 is 9.47 Å². The number of benzene rings is 1. The summed E-state index contributed by atoms with van der Waals surface area (Å²) in [7, 11) is 0. The second-order valence-corrected chi connectivity index (χ2v) is 7.35. The fourth-order valence-electron chi connectivity index (χ4n) is 3.16. The monoisotopic (exact) mass is 373 g/mol. The lowest BCUT2D eigenvalue weighted by molar-refractivity contribution is 0.214. The molecule has 3 heterocycles. The summed E-state index contributed by atoms with van der Waals surface area (Å²) in [4.78, 5) is 3.24. The van der Waals surface area contributed by atoms with E-state index in [1.807, 2.05) is 35.7 Å². The highest BCUT2D eigenvalue weighted by Gasteiger charge is 2.17. The maximum Gasteiger partial charge on any atom is 0.234 e. The Morgan fingerprint density at radius 3 is 2.58 bits per heavy atom. The molecule has 1 saturated heterocycles. The Hall–Kier alpha value is -2.19. The average molecular weight is 373 g/mol. The van der Waals surface area contributed by atoms with Gasteiger partial charge in [0.15, 0.2) is 22.3 Å². The number of hydrogen-bond donors (Lipinski definition) is 0. The molecule has 1 aliphatic rings. The highest BCUT2D eigenvalue weighted by Crippen LogP contribution is 2.27. The van der Waals surface area contributed by atoms with Crippen molar-refractivity contribution in [2.24, 2.45) is 0 Å². The number of aromatic nitrogens is 4. The van der Waals surface area contributed by atoms with Gasteiger partial charge >= 0.3 is 0 Å². The van der Waals surface area contributed by atoms with Gasteiger partial charge in [0.2, 0.25) is 4.96 Å². The topological polar surface area (TPSA) is 64.8 Å². The summed E-state index contributed by atoms with van der Waals surface area (Å²) < 4.78 is 13.4. The Labute approximate surface area is 156 Å². The van der Waals surface area contributed by atoms with E-state index in [0.717, 1.165) is 46.9 Å². The number of ether oxygens (including phenoxy) is 2. The van der Waals surface area contributed by atoms with Crippen LogP contribution in [0.3, 0.4) is 0 Å². The van der Waals surface area contributed by atoms with Crippen molar-refractivity contribution in [3.63, 3.8) is 0 Å². The van der Waals surface area contributed by atoms with Gasteiger partial charge in [0.05, 0.1) is 13.2 Å². The summed E-state index contributed by atoms with van der Waals surface area (Å²) in [5.74, 6) is 2.39. The third-order valence-electron chi connectivity index (χ3n) is 4.41. The van der Waals surface area contributed by atoms with Gasteiger partial charge in [0.1, 0.15) is 6.61 Å². The van der Waals surface area contributed by atoms with E-state index < -0.39 is 0 Å². The molecule has 4 rings (SSSR count). The van der Waals surface area contributed by atoms with Gasteiger partial charge in [-0.05, 0) is 45.0 Å². The Morgan fingerprint density at radius 1 is 1.04 bits per heavy atom. The Balaban J connectivity index is 1.45. The lowest BCUT2D eigenvalue weighted by atomic mass is 10.1. The minimum absolute atomic E-state index is 0.390. The fourth-order valence-corrected chi connectivity index (χ4v) is 3.92. The molecule has 0 N–H and O–H groups in total. The predicted molar refractivity (Wildman–Crippen MR) is 99.7 cm³/mol. The van der Waals surface area contributed by atoms with Crippen LogP contribution in [-0.2, 0) is 13.2 Å². The summed E-state index contributed by atoms with van der Waals surface area (Å²) in [5, 5.41) is 14.1. The molecule has 26 heavy (non-hydrogen) atoms. The van der Waals surface area contributed by atoms with E-state index in [9.17, 15) is 0 Å². The molecular formula is C18H23N5O2S. The minimum Gasteiger partial charge on any atom is -0.490 e. The van der Waals surface area contributed by atoms with Crippen molar-refractivity contribution in [3.8, 4) is 11.5 Å². The Kier molecular flexibility index (Phi) is 5.31. The number of nitrogens with zero attached hydrogens (tertiary/aromatic N) is 5. The lowest BCUT2D eigenvalue weighted by Crippen LogP contribution is -2.30. The molecule has 0 amide bonds. The number of fused-ring (bicyclic) bond motifs is 1. The number of hydrogen-bond acceptors (Lipinski definition) is 7. The maximum atomic E-state index is 5.92. The molecule has 0 radical (unpaired) electrons. The van der Waals surface area contributed by atoms with Crippen LogP contribution >= 0.6 is 11.3 Å². The molecule has 2 aromatic heterocycles. The zero-order valence-electron chi connectivity index (χ0n) is 14.9. The van der Waals surface area contributed by atoms with Crippen molar-refractivity contribution in [2.45, 2.75) is 39.3 Å². The van der Waals surface area contributed by atoms with Gasteiger partial charge in [-0.3, -0.25) is 4.90 Å². The number of para-hydroxylation sites is 2. The smallest absolute Gasteiger partial charge is 0.234 e. The lowest BCUT2D eigenvalue weighted by Gasteiger charge is -2.25. The molecule has 0 saturated carbocycles. The second-order valence-electron chi connectivity index (χ2n) is 6.31. The van der Waals surface area contributed by atoms with Crippen LogP contribution in [0.1, 0.15) is 37.0 Å². The van der Waals surface area contributed by atoms with E-state index in [0.29, 0.717) is 13.2 Å². The molecule has 0 aliphatic carbocycles. The minimum atomic E-state index is 0.390. The van der Waals surface area contributed by atoms with Crippen molar-refractivity contribution >= 4 is 16.3 Å². The maximum absolute atomic E-state index is 5.92. The molecule has 1 aromatic carbocycles. The first-order valence-electron chi connectivity index (χ1n) is 9.10. The summed E-state index contributed by atoms with van der Waals surface area (Å²) in [6.45, 7) is 6.02. The molecule has 0 atom stereocenters. The van der Waals surface area contributed by atoms with Crippen molar-refractivity contribution < 1.29 is 9.47 Å². The number of rotatable bonds is 7. The summed E-state index contributed by atoms with van der Waals surface area (Å²) in [5.41, 5.74) is 0. The van der Waals surface area contributed by atoms with E-state index in [4.69, 9.17) is 9.47 Å². The molecule has 1 fully saturated rings. The van der Waals surface area contributed by atoms with Crippen LogP contribution in [0.5, 0.6) is 11.5 Å². The Bertz CT molecular complexity index is 856. The van der Waals surface area contributed by atoms with Crippen LogP contribution < -0.4 is 9.47 Å². The Morgan fingerprint density at radius 2 is 1.81 bits per heavy atom.